The number of anilines is 1. The molecule has 1 atom stereocenters. The second kappa shape index (κ2) is 7.69. The van der Waals surface area contributed by atoms with Crippen LogP contribution < -0.4 is 21.5 Å². The number of H-pyrrole nitrogens is 1. The molecular formula is C22H20N6O3. The maximum Gasteiger partial charge on any atom is 0.348 e. The van der Waals surface area contributed by atoms with E-state index < -0.39 is 5.69 Å². The van der Waals surface area contributed by atoms with Gasteiger partial charge in [0.15, 0.2) is 5.65 Å². The summed E-state index contributed by atoms with van der Waals surface area (Å²) in [6.07, 6.45) is 0.824. The van der Waals surface area contributed by atoms with Gasteiger partial charge in [0, 0.05) is 12.1 Å². The van der Waals surface area contributed by atoms with Crippen molar-refractivity contribution in [3.63, 3.8) is 0 Å². The third kappa shape index (κ3) is 3.55. The minimum Gasteiger partial charge on any atom is -0.457 e. The van der Waals surface area contributed by atoms with Gasteiger partial charge in [-0.2, -0.15) is 10.1 Å². The van der Waals surface area contributed by atoms with Gasteiger partial charge in [-0.3, -0.25) is 9.78 Å². The maximum absolute atomic E-state index is 13.3. The van der Waals surface area contributed by atoms with E-state index in [4.69, 9.17) is 10.5 Å². The number of rotatable bonds is 5. The molecule has 0 saturated carbocycles. The highest BCUT2D eigenvalue weighted by molar-refractivity contribution is 6.16. The number of aromatic amines is 1. The van der Waals surface area contributed by atoms with Crippen LogP contribution in [-0.4, -0.2) is 38.6 Å². The van der Waals surface area contributed by atoms with Crippen molar-refractivity contribution < 1.29 is 9.53 Å². The molecule has 0 amide bonds. The van der Waals surface area contributed by atoms with Crippen molar-refractivity contribution in [1.29, 1.82) is 0 Å². The topological polar surface area (TPSA) is 128 Å². The molecule has 2 aromatic heterocycles. The van der Waals surface area contributed by atoms with Crippen LogP contribution in [0.25, 0.3) is 11.0 Å². The fraction of sp³-hybridized carbons (Fsp3) is 0.182. The number of ether oxygens (including phenoxy) is 1. The van der Waals surface area contributed by atoms with Crippen LogP contribution in [0.5, 0.6) is 11.5 Å². The Morgan fingerprint density at radius 2 is 1.84 bits per heavy atom. The number of aromatic nitrogens is 4. The van der Waals surface area contributed by atoms with Crippen LogP contribution in [0.15, 0.2) is 59.4 Å². The van der Waals surface area contributed by atoms with Crippen molar-refractivity contribution in [1.82, 2.24) is 25.1 Å². The van der Waals surface area contributed by atoms with Gasteiger partial charge in [0.25, 0.3) is 0 Å². The molecule has 2 aromatic carbocycles. The molecule has 9 heteroatoms. The van der Waals surface area contributed by atoms with Gasteiger partial charge in [-0.1, -0.05) is 18.2 Å². The van der Waals surface area contributed by atoms with Crippen LogP contribution in [0.2, 0.25) is 0 Å². The lowest BCUT2D eigenvalue weighted by atomic mass is 10.1. The van der Waals surface area contributed by atoms with Crippen molar-refractivity contribution in [3.8, 4) is 11.5 Å². The van der Waals surface area contributed by atoms with Gasteiger partial charge in [0.2, 0.25) is 5.78 Å². The van der Waals surface area contributed by atoms with E-state index in [1.54, 1.807) is 28.9 Å². The molecule has 1 saturated heterocycles. The summed E-state index contributed by atoms with van der Waals surface area (Å²) in [5.41, 5.74) is 6.41. The average Bonchev–Trinajstić information content (AvgIpc) is 3.42. The Morgan fingerprint density at radius 1 is 1.10 bits per heavy atom. The highest BCUT2D eigenvalue weighted by atomic mass is 16.5. The molecule has 3 heterocycles. The fourth-order valence-corrected chi connectivity index (χ4v) is 3.78. The zero-order valence-electron chi connectivity index (χ0n) is 16.5. The Hall–Kier alpha value is -3.98. The molecule has 0 spiro atoms. The van der Waals surface area contributed by atoms with Crippen LogP contribution in [-0.2, 0) is 0 Å². The standard InChI is InChI=1S/C22H20N6O3/c23-20-17-18(27-28(14-10-11-24-12-14)21(17)26-22(30)25-20)19(29)13-6-8-16(9-7-13)31-15-4-2-1-3-5-15/h1-9,14,24H,10-12H2,(H3,23,25,26,30). The minimum atomic E-state index is -0.571. The minimum absolute atomic E-state index is 0.000557. The van der Waals surface area contributed by atoms with Gasteiger partial charge in [-0.15, -0.1) is 0 Å². The lowest BCUT2D eigenvalue weighted by Gasteiger charge is -2.09. The number of nitrogens with one attached hydrogen (secondary N) is 2. The highest BCUT2D eigenvalue weighted by Gasteiger charge is 2.27. The SMILES string of the molecule is Nc1[nH]c(=O)nc2c1c(C(=O)c1ccc(Oc3ccccc3)cc1)nn2C1CCNC1. The number of nitrogens with two attached hydrogens (primary N) is 1. The molecule has 1 fully saturated rings. The summed E-state index contributed by atoms with van der Waals surface area (Å²) in [7, 11) is 0. The van der Waals surface area contributed by atoms with Gasteiger partial charge in [-0.05, 0) is 49.4 Å². The van der Waals surface area contributed by atoms with E-state index in [-0.39, 0.29) is 23.3 Å². The molecule has 4 N–H and O–H groups in total. The molecule has 156 valence electrons. The van der Waals surface area contributed by atoms with Crippen molar-refractivity contribution in [3.05, 3.63) is 76.3 Å². The number of hydrogen-bond acceptors (Lipinski definition) is 7. The Labute approximate surface area is 176 Å². The number of benzene rings is 2. The summed E-state index contributed by atoms with van der Waals surface area (Å²) in [6.45, 7) is 1.52. The maximum atomic E-state index is 13.3. The first-order valence-corrected chi connectivity index (χ1v) is 9.96. The number of fused-ring (bicyclic) bond motifs is 1. The Morgan fingerprint density at radius 3 is 2.55 bits per heavy atom. The Bertz CT molecular complexity index is 1310. The van der Waals surface area contributed by atoms with E-state index in [2.05, 4.69) is 20.4 Å². The zero-order chi connectivity index (χ0) is 21.4. The molecule has 0 radical (unpaired) electrons. The third-order valence-corrected chi connectivity index (χ3v) is 5.29. The summed E-state index contributed by atoms with van der Waals surface area (Å²) in [5, 5.41) is 8.15. The summed E-state index contributed by atoms with van der Waals surface area (Å²) in [6, 6.07) is 16.2. The van der Waals surface area contributed by atoms with Gasteiger partial charge in [0.05, 0.1) is 11.4 Å². The zero-order valence-corrected chi connectivity index (χ0v) is 16.5. The van der Waals surface area contributed by atoms with Crippen LogP contribution in [0.4, 0.5) is 5.82 Å². The third-order valence-electron chi connectivity index (χ3n) is 5.29. The van der Waals surface area contributed by atoms with Gasteiger partial charge < -0.3 is 15.8 Å². The van der Waals surface area contributed by atoms with Crippen LogP contribution >= 0.6 is 0 Å². The number of carbonyl (C=O) groups excluding carboxylic acids is 1. The lowest BCUT2D eigenvalue weighted by molar-refractivity contribution is 0.103. The quantitative estimate of drug-likeness (QED) is 0.426. The van der Waals surface area contributed by atoms with E-state index in [0.29, 0.717) is 34.6 Å². The van der Waals surface area contributed by atoms with E-state index in [1.807, 2.05) is 30.3 Å². The number of nitrogen functional groups attached to an aromatic ring is 1. The van der Waals surface area contributed by atoms with E-state index in [0.717, 1.165) is 13.0 Å². The van der Waals surface area contributed by atoms with Crippen molar-refractivity contribution in [2.75, 3.05) is 18.8 Å². The number of hydrogen-bond donors (Lipinski definition) is 3. The summed E-state index contributed by atoms with van der Waals surface area (Å²) >= 11 is 0. The summed E-state index contributed by atoms with van der Waals surface area (Å²) in [5.74, 6) is 1.10. The molecule has 0 aliphatic carbocycles. The molecule has 31 heavy (non-hydrogen) atoms. The molecule has 1 aliphatic heterocycles. The largest absolute Gasteiger partial charge is 0.457 e. The Kier molecular flexibility index (Phi) is 4.72. The van der Waals surface area contributed by atoms with Gasteiger partial charge in [-0.25, -0.2) is 9.48 Å². The van der Waals surface area contributed by atoms with E-state index >= 15 is 0 Å². The van der Waals surface area contributed by atoms with E-state index in [1.165, 1.54) is 0 Å². The van der Waals surface area contributed by atoms with Crippen molar-refractivity contribution in [2.24, 2.45) is 0 Å². The summed E-state index contributed by atoms with van der Waals surface area (Å²) in [4.78, 5) is 31.7. The normalized spacial score (nSPS) is 15.9. The molecule has 1 unspecified atom stereocenters. The number of ketones is 1. The van der Waals surface area contributed by atoms with Crippen molar-refractivity contribution in [2.45, 2.75) is 12.5 Å². The first kappa shape index (κ1) is 19.0. The molecule has 0 bridgehead atoms. The van der Waals surface area contributed by atoms with E-state index in [9.17, 15) is 9.59 Å². The number of para-hydroxylation sites is 1. The summed E-state index contributed by atoms with van der Waals surface area (Å²) < 4.78 is 7.43. The second-order valence-corrected chi connectivity index (χ2v) is 7.36. The lowest BCUT2D eigenvalue weighted by Crippen LogP contribution is -2.18. The predicted octanol–water partition coefficient (Wildman–Crippen LogP) is 2.26. The molecule has 5 rings (SSSR count). The predicted molar refractivity (Wildman–Crippen MR) is 115 cm³/mol. The van der Waals surface area contributed by atoms with Gasteiger partial charge >= 0.3 is 5.69 Å². The first-order valence-electron chi connectivity index (χ1n) is 9.96. The number of nitrogens with zero attached hydrogens (tertiary/aromatic N) is 3. The monoisotopic (exact) mass is 416 g/mol. The highest BCUT2D eigenvalue weighted by Crippen LogP contribution is 2.28. The number of carbonyl (C=O) groups is 1. The van der Waals surface area contributed by atoms with Gasteiger partial charge in [0.1, 0.15) is 23.0 Å². The Balaban J connectivity index is 1.51. The molecule has 9 nitrogen and oxygen atoms in total. The molecule has 4 aromatic rings. The first-order chi connectivity index (χ1) is 15.1. The smallest absolute Gasteiger partial charge is 0.348 e. The molecule has 1 aliphatic rings. The molecular weight excluding hydrogens is 396 g/mol. The second-order valence-electron chi connectivity index (χ2n) is 7.36. The average molecular weight is 416 g/mol. The van der Waals surface area contributed by atoms with Crippen molar-refractivity contribution >= 4 is 22.6 Å². The fourth-order valence-electron chi connectivity index (χ4n) is 3.78. The van der Waals surface area contributed by atoms with Crippen LogP contribution in [0.1, 0.15) is 28.5 Å². The van der Waals surface area contributed by atoms with Crippen LogP contribution in [0.3, 0.4) is 0 Å². The van der Waals surface area contributed by atoms with Crippen LogP contribution in [0, 0.1) is 0 Å².